The van der Waals surface area contributed by atoms with Crippen molar-refractivity contribution in [3.05, 3.63) is 89.3 Å². The first-order valence-electron chi connectivity index (χ1n) is 10.3. The second-order valence-corrected chi connectivity index (χ2v) is 8.24. The van der Waals surface area contributed by atoms with Gasteiger partial charge >= 0.3 is 0 Å². The van der Waals surface area contributed by atoms with Crippen molar-refractivity contribution in [3.63, 3.8) is 0 Å². The van der Waals surface area contributed by atoms with E-state index in [4.69, 9.17) is 0 Å². The number of hydrogen-bond acceptors (Lipinski definition) is 2. The lowest BCUT2D eigenvalue weighted by Crippen LogP contribution is -2.37. The fourth-order valence-electron chi connectivity index (χ4n) is 4.90. The standard InChI is InChI=1S/C25H27N3/c1-18-13-19(2)28(26-18)25-10-6-9-21(14-25)22-15-23-11-12-24(16-22)27(23)17-20-7-4-3-5-8-20/h3-10,13-15,23-24H,11-12,16-17H2,1-2H3. The molecule has 1 aromatic heterocycles. The summed E-state index contributed by atoms with van der Waals surface area (Å²) in [4.78, 5) is 2.70. The first kappa shape index (κ1) is 17.4. The molecule has 0 radical (unpaired) electrons. The van der Waals surface area contributed by atoms with Gasteiger partial charge < -0.3 is 0 Å². The molecule has 2 unspecified atom stereocenters. The molecule has 0 aliphatic carbocycles. The van der Waals surface area contributed by atoms with Crippen molar-refractivity contribution < 1.29 is 0 Å². The average Bonchev–Trinajstić information content (AvgIpc) is 3.15. The number of aryl methyl sites for hydroxylation is 2. The van der Waals surface area contributed by atoms with E-state index in [-0.39, 0.29) is 0 Å². The van der Waals surface area contributed by atoms with Crippen molar-refractivity contribution in [3.8, 4) is 5.69 Å². The number of rotatable bonds is 4. The largest absolute Gasteiger partial charge is 0.289 e. The van der Waals surface area contributed by atoms with Gasteiger partial charge in [0.05, 0.1) is 11.4 Å². The van der Waals surface area contributed by atoms with E-state index in [2.05, 4.69) is 95.3 Å². The summed E-state index contributed by atoms with van der Waals surface area (Å²) < 4.78 is 2.05. The lowest BCUT2D eigenvalue weighted by Gasteiger charge is -2.34. The SMILES string of the molecule is Cc1cc(C)n(-c2cccc(C3=CC4CCC(C3)N4Cc3ccccc3)c2)n1. The molecule has 0 spiro atoms. The summed E-state index contributed by atoms with van der Waals surface area (Å²) >= 11 is 0. The van der Waals surface area contributed by atoms with Crippen LogP contribution < -0.4 is 0 Å². The minimum absolute atomic E-state index is 0.561. The van der Waals surface area contributed by atoms with Crippen molar-refractivity contribution in [2.24, 2.45) is 0 Å². The van der Waals surface area contributed by atoms with Crippen LogP contribution in [0, 0.1) is 13.8 Å². The average molecular weight is 370 g/mol. The Bertz CT molecular complexity index is 1020. The molecule has 2 atom stereocenters. The maximum absolute atomic E-state index is 4.66. The van der Waals surface area contributed by atoms with E-state index in [0.29, 0.717) is 12.1 Å². The van der Waals surface area contributed by atoms with E-state index in [1.165, 1.54) is 35.2 Å². The van der Waals surface area contributed by atoms with Gasteiger partial charge in [0.2, 0.25) is 0 Å². The molecule has 142 valence electrons. The van der Waals surface area contributed by atoms with Gasteiger partial charge in [0, 0.05) is 24.3 Å². The minimum Gasteiger partial charge on any atom is -0.289 e. The Morgan fingerprint density at radius 1 is 0.964 bits per heavy atom. The summed E-state index contributed by atoms with van der Waals surface area (Å²) in [6.45, 7) is 5.23. The monoisotopic (exact) mass is 369 g/mol. The zero-order valence-corrected chi connectivity index (χ0v) is 16.7. The first-order chi connectivity index (χ1) is 13.7. The fraction of sp³-hybridized carbons (Fsp3) is 0.320. The molecule has 1 saturated heterocycles. The molecule has 2 bridgehead atoms. The Balaban J connectivity index is 1.42. The van der Waals surface area contributed by atoms with Crippen LogP contribution in [0.3, 0.4) is 0 Å². The Hall–Kier alpha value is -2.65. The van der Waals surface area contributed by atoms with Crippen LogP contribution >= 0.6 is 0 Å². The lowest BCUT2D eigenvalue weighted by atomic mass is 9.94. The van der Waals surface area contributed by atoms with Crippen molar-refractivity contribution in [2.75, 3.05) is 0 Å². The Labute approximate surface area is 167 Å². The molecule has 3 heteroatoms. The van der Waals surface area contributed by atoms with E-state index >= 15 is 0 Å². The summed E-state index contributed by atoms with van der Waals surface area (Å²) in [5.74, 6) is 0. The molecular weight excluding hydrogens is 342 g/mol. The fourth-order valence-corrected chi connectivity index (χ4v) is 4.90. The van der Waals surface area contributed by atoms with Gasteiger partial charge in [0.15, 0.2) is 0 Å². The van der Waals surface area contributed by atoms with Crippen molar-refractivity contribution >= 4 is 5.57 Å². The zero-order chi connectivity index (χ0) is 19.1. The third-order valence-electron chi connectivity index (χ3n) is 6.22. The highest BCUT2D eigenvalue weighted by Gasteiger charge is 2.36. The van der Waals surface area contributed by atoms with E-state index < -0.39 is 0 Å². The van der Waals surface area contributed by atoms with Gasteiger partial charge in [0.1, 0.15) is 0 Å². The second-order valence-electron chi connectivity index (χ2n) is 8.24. The molecular formula is C25H27N3. The normalized spacial score (nSPS) is 21.7. The number of benzene rings is 2. The van der Waals surface area contributed by atoms with Crippen LogP contribution in [0.5, 0.6) is 0 Å². The topological polar surface area (TPSA) is 21.1 Å². The Kier molecular flexibility index (Phi) is 4.40. The smallest absolute Gasteiger partial charge is 0.0654 e. The third kappa shape index (κ3) is 3.20. The Morgan fingerprint density at radius 2 is 1.82 bits per heavy atom. The number of nitrogens with zero attached hydrogens (tertiary/aromatic N) is 3. The highest BCUT2D eigenvalue weighted by atomic mass is 15.3. The summed E-state index contributed by atoms with van der Waals surface area (Å²) in [7, 11) is 0. The van der Waals surface area contributed by atoms with Crippen LogP contribution in [-0.4, -0.2) is 26.8 Å². The molecule has 0 saturated carbocycles. The van der Waals surface area contributed by atoms with E-state index in [9.17, 15) is 0 Å². The quantitative estimate of drug-likeness (QED) is 0.621. The summed E-state index contributed by atoms with van der Waals surface area (Å²) in [6.07, 6.45) is 6.24. The molecule has 5 rings (SSSR count). The number of hydrogen-bond donors (Lipinski definition) is 0. The van der Waals surface area contributed by atoms with E-state index in [0.717, 1.165) is 24.3 Å². The van der Waals surface area contributed by atoms with E-state index in [1.807, 2.05) is 0 Å². The van der Waals surface area contributed by atoms with Crippen LogP contribution in [0.2, 0.25) is 0 Å². The maximum Gasteiger partial charge on any atom is 0.0654 e. The van der Waals surface area contributed by atoms with Gasteiger partial charge in [-0.1, -0.05) is 48.5 Å². The molecule has 1 fully saturated rings. The van der Waals surface area contributed by atoms with Gasteiger partial charge in [-0.3, -0.25) is 4.90 Å². The molecule has 3 heterocycles. The number of fused-ring (bicyclic) bond motifs is 2. The molecule has 0 N–H and O–H groups in total. The Morgan fingerprint density at radius 3 is 2.57 bits per heavy atom. The van der Waals surface area contributed by atoms with Crippen LogP contribution in [0.4, 0.5) is 0 Å². The highest BCUT2D eigenvalue weighted by molar-refractivity contribution is 5.69. The van der Waals surface area contributed by atoms with Gasteiger partial charge in [0.25, 0.3) is 0 Å². The molecule has 2 aliphatic rings. The number of aromatic nitrogens is 2. The van der Waals surface area contributed by atoms with Crippen LogP contribution in [0.15, 0.2) is 66.7 Å². The molecule has 2 aliphatic heterocycles. The molecule has 3 aromatic rings. The zero-order valence-electron chi connectivity index (χ0n) is 16.7. The molecule has 28 heavy (non-hydrogen) atoms. The van der Waals surface area contributed by atoms with Crippen LogP contribution in [0.1, 0.15) is 41.8 Å². The summed E-state index contributed by atoms with van der Waals surface area (Å²) in [6, 6.07) is 23.1. The molecule has 3 nitrogen and oxygen atoms in total. The van der Waals surface area contributed by atoms with Gasteiger partial charge in [-0.25, -0.2) is 4.68 Å². The second kappa shape index (κ2) is 7.06. The van der Waals surface area contributed by atoms with E-state index in [1.54, 1.807) is 0 Å². The third-order valence-corrected chi connectivity index (χ3v) is 6.22. The molecule has 2 aromatic carbocycles. The van der Waals surface area contributed by atoms with Crippen molar-refractivity contribution in [1.29, 1.82) is 0 Å². The summed E-state index contributed by atoms with van der Waals surface area (Å²) in [5.41, 5.74) is 7.67. The predicted octanol–water partition coefficient (Wildman–Crippen LogP) is 5.31. The predicted molar refractivity (Wildman–Crippen MR) is 114 cm³/mol. The lowest BCUT2D eigenvalue weighted by molar-refractivity contribution is 0.203. The minimum atomic E-state index is 0.561. The van der Waals surface area contributed by atoms with Gasteiger partial charge in [-0.15, -0.1) is 0 Å². The van der Waals surface area contributed by atoms with Gasteiger partial charge in [-0.05, 0) is 68.0 Å². The maximum atomic E-state index is 4.66. The molecule has 0 amide bonds. The van der Waals surface area contributed by atoms with Crippen molar-refractivity contribution in [2.45, 2.75) is 51.7 Å². The van der Waals surface area contributed by atoms with Crippen LogP contribution in [0.25, 0.3) is 11.3 Å². The van der Waals surface area contributed by atoms with Crippen molar-refractivity contribution in [1.82, 2.24) is 14.7 Å². The van der Waals surface area contributed by atoms with Crippen LogP contribution in [-0.2, 0) is 6.54 Å². The highest BCUT2D eigenvalue weighted by Crippen LogP contribution is 2.39. The first-order valence-corrected chi connectivity index (χ1v) is 10.3. The summed E-state index contributed by atoms with van der Waals surface area (Å²) in [5, 5.41) is 4.66. The van der Waals surface area contributed by atoms with Gasteiger partial charge in [-0.2, -0.15) is 5.10 Å².